The van der Waals surface area contributed by atoms with Crippen LogP contribution >= 0.6 is 0 Å². The van der Waals surface area contributed by atoms with E-state index in [4.69, 9.17) is 0 Å². The van der Waals surface area contributed by atoms with Gasteiger partial charge in [0.05, 0.1) is 0 Å². The van der Waals surface area contributed by atoms with Crippen LogP contribution in [0.4, 0.5) is 0 Å². The lowest BCUT2D eigenvalue weighted by Crippen LogP contribution is -1.75. The summed E-state index contributed by atoms with van der Waals surface area (Å²) in [5.41, 5.74) is 2.54. The number of hydrogen-bond donors (Lipinski definition) is 0. The third kappa shape index (κ3) is 1.47. The second-order valence-corrected chi connectivity index (χ2v) is 2.26. The molecule has 0 aliphatic heterocycles. The van der Waals surface area contributed by atoms with E-state index in [1.54, 1.807) is 0 Å². The van der Waals surface area contributed by atoms with E-state index < -0.39 is 0 Å². The van der Waals surface area contributed by atoms with E-state index in [0.717, 1.165) is 0 Å². The van der Waals surface area contributed by atoms with Gasteiger partial charge in [-0.1, -0.05) is 37.0 Å². The van der Waals surface area contributed by atoms with Gasteiger partial charge in [-0.05, 0) is 18.1 Å². The van der Waals surface area contributed by atoms with Crippen molar-refractivity contribution in [2.24, 2.45) is 0 Å². The fourth-order valence-electron chi connectivity index (χ4n) is 0.910. The zero-order valence-electron chi connectivity index (χ0n) is 6.17. The molecule has 0 atom stereocenters. The zero-order valence-corrected chi connectivity index (χ0v) is 6.17. The topological polar surface area (TPSA) is 0 Å². The number of allylic oxidation sites excluding steroid dienone is 7. The molecule has 1 aliphatic carbocycles. The predicted molar refractivity (Wildman–Crippen MR) is 45.5 cm³/mol. The van der Waals surface area contributed by atoms with Gasteiger partial charge in [-0.25, -0.2) is 0 Å². The molecule has 0 saturated carbocycles. The summed E-state index contributed by atoms with van der Waals surface area (Å²) >= 11 is 0. The van der Waals surface area contributed by atoms with Crippen LogP contribution in [0.25, 0.3) is 0 Å². The second kappa shape index (κ2) is 3.21. The molecule has 10 heavy (non-hydrogen) atoms. The van der Waals surface area contributed by atoms with Gasteiger partial charge in [-0.2, -0.15) is 0 Å². The normalized spacial score (nSPS) is 17.3. The summed E-state index contributed by atoms with van der Waals surface area (Å²) < 4.78 is 0. The Morgan fingerprint density at radius 1 is 1.60 bits per heavy atom. The summed E-state index contributed by atoms with van der Waals surface area (Å²) in [4.78, 5) is 0. The van der Waals surface area contributed by atoms with Gasteiger partial charge in [-0.15, -0.1) is 0 Å². The first-order chi connectivity index (χ1) is 4.84. The first-order valence-corrected chi connectivity index (χ1v) is 3.36. The molecule has 0 spiro atoms. The van der Waals surface area contributed by atoms with Crippen LogP contribution in [0.2, 0.25) is 0 Å². The molecule has 1 rings (SSSR count). The maximum atomic E-state index is 3.63. The Balaban J connectivity index is 2.73. The van der Waals surface area contributed by atoms with E-state index >= 15 is 0 Å². The van der Waals surface area contributed by atoms with Gasteiger partial charge in [0.1, 0.15) is 0 Å². The van der Waals surface area contributed by atoms with Crippen molar-refractivity contribution in [2.75, 3.05) is 0 Å². The average molecular weight is 131 g/mol. The van der Waals surface area contributed by atoms with Crippen molar-refractivity contribution in [3.63, 3.8) is 0 Å². The van der Waals surface area contributed by atoms with Gasteiger partial charge < -0.3 is 0 Å². The Hall–Kier alpha value is -1.04. The molecular weight excluding hydrogens is 120 g/mol. The minimum absolute atomic E-state index is 1.26. The first-order valence-electron chi connectivity index (χ1n) is 3.36. The van der Waals surface area contributed by atoms with Crippen molar-refractivity contribution in [1.82, 2.24) is 0 Å². The van der Waals surface area contributed by atoms with Crippen LogP contribution in [0.5, 0.6) is 0 Å². The fourth-order valence-corrected chi connectivity index (χ4v) is 0.910. The molecule has 0 saturated heterocycles. The fraction of sp³-hybridized carbons (Fsp3) is 0.100. The van der Waals surface area contributed by atoms with Gasteiger partial charge in [-0.3, -0.25) is 0 Å². The summed E-state index contributed by atoms with van der Waals surface area (Å²) in [6.45, 7) is 5.71. The van der Waals surface area contributed by atoms with Crippen LogP contribution in [0.15, 0.2) is 48.1 Å². The van der Waals surface area contributed by atoms with Crippen molar-refractivity contribution in [3.8, 4) is 0 Å². The van der Waals surface area contributed by atoms with E-state index in [-0.39, 0.29) is 0 Å². The molecule has 0 amide bonds. The molecular formula is C10H11. The summed E-state index contributed by atoms with van der Waals surface area (Å²) in [6.07, 6.45) is 12.1. The molecule has 51 valence electrons. The molecule has 0 aromatic carbocycles. The van der Waals surface area contributed by atoms with E-state index in [1.165, 1.54) is 11.1 Å². The van der Waals surface area contributed by atoms with Crippen molar-refractivity contribution >= 4 is 0 Å². The third-order valence-electron chi connectivity index (χ3n) is 1.49. The monoisotopic (exact) mass is 131 g/mol. The van der Waals surface area contributed by atoms with E-state index in [9.17, 15) is 0 Å². The van der Waals surface area contributed by atoms with Crippen LogP contribution in [0, 0.1) is 6.42 Å². The van der Waals surface area contributed by atoms with E-state index in [1.807, 2.05) is 24.6 Å². The van der Waals surface area contributed by atoms with E-state index in [0.29, 0.717) is 0 Å². The van der Waals surface area contributed by atoms with Crippen molar-refractivity contribution in [1.29, 1.82) is 0 Å². The van der Waals surface area contributed by atoms with Gasteiger partial charge in [0.15, 0.2) is 0 Å². The Labute approximate surface area is 62.3 Å². The number of hydrogen-bond acceptors (Lipinski definition) is 0. The Morgan fingerprint density at radius 3 is 2.90 bits per heavy atom. The molecule has 0 N–H and O–H groups in total. The van der Waals surface area contributed by atoms with Crippen LogP contribution in [-0.2, 0) is 0 Å². The Bertz CT molecular complexity index is 214. The highest BCUT2D eigenvalue weighted by Crippen LogP contribution is 2.16. The van der Waals surface area contributed by atoms with Gasteiger partial charge in [0.2, 0.25) is 0 Å². The zero-order chi connectivity index (χ0) is 7.40. The van der Waals surface area contributed by atoms with Crippen LogP contribution in [0.1, 0.15) is 6.92 Å². The van der Waals surface area contributed by atoms with Crippen molar-refractivity contribution in [3.05, 3.63) is 54.5 Å². The smallest absolute Gasteiger partial charge is 0.00570 e. The minimum Gasteiger partial charge on any atom is -0.0991 e. The molecule has 0 fully saturated rings. The van der Waals surface area contributed by atoms with Crippen LogP contribution in [-0.4, -0.2) is 0 Å². The molecule has 0 unspecified atom stereocenters. The minimum atomic E-state index is 1.26. The number of rotatable bonds is 2. The Morgan fingerprint density at radius 2 is 2.40 bits per heavy atom. The largest absolute Gasteiger partial charge is 0.0991 e. The van der Waals surface area contributed by atoms with Gasteiger partial charge >= 0.3 is 0 Å². The molecule has 1 radical (unpaired) electrons. The maximum absolute atomic E-state index is 3.63. The standard InChI is InChI=1S/C10H11/c1-3-6-9(2)10-7-4-5-8-10/h3-8H,1H2,2H3/b9-6-. The highest BCUT2D eigenvalue weighted by Gasteiger charge is 1.97. The highest BCUT2D eigenvalue weighted by atomic mass is 14.0. The van der Waals surface area contributed by atoms with E-state index in [2.05, 4.69) is 25.7 Å². The van der Waals surface area contributed by atoms with Crippen molar-refractivity contribution < 1.29 is 0 Å². The highest BCUT2D eigenvalue weighted by molar-refractivity contribution is 5.47. The summed E-state index contributed by atoms with van der Waals surface area (Å²) in [6, 6.07) is 0. The van der Waals surface area contributed by atoms with Crippen molar-refractivity contribution in [2.45, 2.75) is 6.92 Å². The van der Waals surface area contributed by atoms with Gasteiger partial charge in [0.25, 0.3) is 0 Å². The Kier molecular flexibility index (Phi) is 2.27. The van der Waals surface area contributed by atoms with Gasteiger partial charge in [0, 0.05) is 6.42 Å². The lowest BCUT2D eigenvalue weighted by Gasteiger charge is -1.95. The SMILES string of the molecule is C=C/C=C(/C)C1=C[CH]C=C1. The van der Waals surface area contributed by atoms with Crippen LogP contribution < -0.4 is 0 Å². The molecule has 0 heterocycles. The molecule has 0 heteroatoms. The summed E-state index contributed by atoms with van der Waals surface area (Å²) in [5, 5.41) is 0. The maximum Gasteiger partial charge on any atom is 0.00570 e. The average Bonchev–Trinajstić information content (AvgIpc) is 2.38. The molecule has 0 aromatic rings. The quantitative estimate of drug-likeness (QED) is 0.505. The lowest BCUT2D eigenvalue weighted by molar-refractivity contribution is 1.44. The lowest BCUT2D eigenvalue weighted by atomic mass is 10.1. The molecule has 1 aliphatic rings. The summed E-state index contributed by atoms with van der Waals surface area (Å²) in [7, 11) is 0. The second-order valence-electron chi connectivity index (χ2n) is 2.26. The molecule has 0 aromatic heterocycles. The molecule has 0 nitrogen and oxygen atoms in total. The molecule has 0 bridgehead atoms. The summed E-state index contributed by atoms with van der Waals surface area (Å²) in [5.74, 6) is 0. The third-order valence-corrected chi connectivity index (χ3v) is 1.49. The predicted octanol–water partition coefficient (Wildman–Crippen LogP) is 2.82. The first kappa shape index (κ1) is 7.07. The van der Waals surface area contributed by atoms with Crippen LogP contribution in [0.3, 0.4) is 0 Å².